The summed E-state index contributed by atoms with van der Waals surface area (Å²) in [7, 11) is 1.68. The number of pyridine rings is 1. The predicted octanol–water partition coefficient (Wildman–Crippen LogP) is 4.71. The van der Waals surface area contributed by atoms with Crippen molar-refractivity contribution in [3.05, 3.63) is 108 Å². The molecule has 1 N–H and O–H groups in total. The van der Waals surface area contributed by atoms with Gasteiger partial charge in [-0.2, -0.15) is 0 Å². The van der Waals surface area contributed by atoms with E-state index in [9.17, 15) is 0 Å². The second kappa shape index (κ2) is 8.88. The lowest BCUT2D eigenvalue weighted by Crippen LogP contribution is -2.30. The molecule has 6 nitrogen and oxygen atoms in total. The van der Waals surface area contributed by atoms with Gasteiger partial charge in [-0.15, -0.1) is 0 Å². The number of nitrogens with one attached hydrogen (secondary N) is 1. The lowest BCUT2D eigenvalue weighted by Gasteiger charge is -2.29. The maximum absolute atomic E-state index is 5.81. The van der Waals surface area contributed by atoms with Gasteiger partial charge in [0.15, 0.2) is 5.11 Å². The third-order valence-electron chi connectivity index (χ3n) is 5.78. The molecule has 162 valence electrons. The van der Waals surface area contributed by atoms with Crippen LogP contribution in [0.1, 0.15) is 34.8 Å². The fourth-order valence-corrected chi connectivity index (χ4v) is 4.54. The van der Waals surface area contributed by atoms with E-state index in [0.717, 1.165) is 28.5 Å². The van der Waals surface area contributed by atoms with Crippen LogP contribution in [0.4, 0.5) is 0 Å². The van der Waals surface area contributed by atoms with Gasteiger partial charge in [0.1, 0.15) is 11.5 Å². The first kappa shape index (κ1) is 20.3. The monoisotopic (exact) mass is 444 g/mol. The summed E-state index contributed by atoms with van der Waals surface area (Å²) in [5.74, 6) is 1.75. The number of hydrogen-bond acceptors (Lipinski definition) is 4. The molecule has 0 radical (unpaired) electrons. The SMILES string of the molecule is COc1ccc(CN2C(=S)N[C@H](c3ccccn3)[C@H]2c2cccn2Cc2ccco2)cc1. The Morgan fingerprint density at radius 2 is 1.91 bits per heavy atom. The van der Waals surface area contributed by atoms with Crippen molar-refractivity contribution in [3.8, 4) is 5.75 Å². The lowest BCUT2D eigenvalue weighted by molar-refractivity contribution is 0.296. The summed E-state index contributed by atoms with van der Waals surface area (Å²) in [5, 5.41) is 4.24. The predicted molar refractivity (Wildman–Crippen MR) is 126 cm³/mol. The zero-order chi connectivity index (χ0) is 21.9. The molecule has 4 aromatic rings. The van der Waals surface area contributed by atoms with Crippen molar-refractivity contribution in [2.75, 3.05) is 7.11 Å². The molecule has 5 rings (SSSR count). The smallest absolute Gasteiger partial charge is 0.170 e. The fraction of sp³-hybridized carbons (Fsp3) is 0.200. The maximum atomic E-state index is 5.81. The van der Waals surface area contributed by atoms with E-state index in [2.05, 4.69) is 50.2 Å². The van der Waals surface area contributed by atoms with Gasteiger partial charge >= 0.3 is 0 Å². The first-order valence-corrected chi connectivity index (χ1v) is 10.9. The van der Waals surface area contributed by atoms with Gasteiger partial charge in [0.25, 0.3) is 0 Å². The Morgan fingerprint density at radius 3 is 2.62 bits per heavy atom. The molecule has 1 aliphatic rings. The van der Waals surface area contributed by atoms with Gasteiger partial charge in [-0.25, -0.2) is 0 Å². The second-order valence-corrected chi connectivity index (χ2v) is 8.13. The first-order chi connectivity index (χ1) is 15.7. The molecule has 7 heteroatoms. The summed E-state index contributed by atoms with van der Waals surface area (Å²) in [5.41, 5.74) is 3.27. The number of aromatic nitrogens is 2. The Balaban J connectivity index is 1.52. The summed E-state index contributed by atoms with van der Waals surface area (Å²) in [4.78, 5) is 6.87. The van der Waals surface area contributed by atoms with Crippen LogP contribution in [0.5, 0.6) is 5.75 Å². The van der Waals surface area contributed by atoms with Crippen molar-refractivity contribution in [2.24, 2.45) is 0 Å². The van der Waals surface area contributed by atoms with Crippen molar-refractivity contribution in [1.29, 1.82) is 0 Å². The van der Waals surface area contributed by atoms with Crippen LogP contribution in [-0.2, 0) is 13.1 Å². The van der Waals surface area contributed by atoms with E-state index in [1.165, 1.54) is 0 Å². The van der Waals surface area contributed by atoms with E-state index in [1.54, 1.807) is 13.4 Å². The highest BCUT2D eigenvalue weighted by Crippen LogP contribution is 2.39. The Labute approximate surface area is 192 Å². The van der Waals surface area contributed by atoms with Crippen molar-refractivity contribution < 1.29 is 9.15 Å². The zero-order valence-corrected chi connectivity index (χ0v) is 18.5. The van der Waals surface area contributed by atoms with Gasteiger partial charge in [-0.3, -0.25) is 4.98 Å². The van der Waals surface area contributed by atoms with Gasteiger partial charge in [-0.05, 0) is 66.3 Å². The molecule has 3 aromatic heterocycles. The molecule has 0 aliphatic carbocycles. The fourth-order valence-electron chi connectivity index (χ4n) is 4.24. The van der Waals surface area contributed by atoms with E-state index in [1.807, 2.05) is 48.7 Å². The minimum atomic E-state index is -0.0628. The Morgan fingerprint density at radius 1 is 1.03 bits per heavy atom. The Kier molecular flexibility index (Phi) is 5.64. The van der Waals surface area contributed by atoms with Crippen LogP contribution >= 0.6 is 12.2 Å². The molecular formula is C25H24N4O2S. The van der Waals surface area contributed by atoms with Crippen molar-refractivity contribution in [1.82, 2.24) is 19.8 Å². The summed E-state index contributed by atoms with van der Waals surface area (Å²) in [6.45, 7) is 1.33. The molecule has 0 saturated carbocycles. The number of thiocarbonyl (C=S) groups is 1. The number of rotatable bonds is 7. The third-order valence-corrected chi connectivity index (χ3v) is 6.14. The molecule has 0 spiro atoms. The van der Waals surface area contributed by atoms with Gasteiger partial charge in [0.05, 0.1) is 37.7 Å². The molecule has 1 saturated heterocycles. The highest BCUT2D eigenvalue weighted by Gasteiger charge is 2.41. The van der Waals surface area contributed by atoms with Gasteiger partial charge < -0.3 is 23.9 Å². The van der Waals surface area contributed by atoms with Crippen LogP contribution < -0.4 is 10.1 Å². The number of furan rings is 1. The zero-order valence-electron chi connectivity index (χ0n) is 17.7. The summed E-state index contributed by atoms with van der Waals surface area (Å²) in [6, 6.07) is 22.1. The lowest BCUT2D eigenvalue weighted by atomic mass is 10.0. The molecule has 1 aromatic carbocycles. The molecule has 32 heavy (non-hydrogen) atoms. The average Bonchev–Trinajstić information content (AvgIpc) is 3.57. The minimum absolute atomic E-state index is 0.0236. The molecule has 1 fully saturated rings. The number of benzene rings is 1. The number of hydrogen-bond donors (Lipinski definition) is 1. The van der Waals surface area contributed by atoms with Crippen LogP contribution in [0.15, 0.2) is 89.8 Å². The highest BCUT2D eigenvalue weighted by atomic mass is 32.1. The van der Waals surface area contributed by atoms with E-state index in [-0.39, 0.29) is 12.1 Å². The first-order valence-electron chi connectivity index (χ1n) is 10.5. The Hall–Kier alpha value is -3.58. The molecule has 0 amide bonds. The average molecular weight is 445 g/mol. The summed E-state index contributed by atoms with van der Waals surface area (Å²) in [6.07, 6.45) is 5.61. The minimum Gasteiger partial charge on any atom is -0.497 e. The molecule has 0 unspecified atom stereocenters. The molecule has 0 bridgehead atoms. The van der Waals surface area contributed by atoms with Crippen LogP contribution in [0.3, 0.4) is 0 Å². The second-order valence-electron chi connectivity index (χ2n) is 7.74. The van der Waals surface area contributed by atoms with Gasteiger partial charge in [-0.1, -0.05) is 18.2 Å². The topological polar surface area (TPSA) is 55.5 Å². The standard InChI is InChI=1S/C25H24N4O2S/c1-30-19-11-9-18(10-12-19)16-29-24(23(27-25(29)32)21-7-2-3-13-26-21)22-8-4-14-28(22)17-20-6-5-15-31-20/h2-15,23-24H,16-17H2,1H3,(H,27,32)/t23-,24-/m1/s1. The van der Waals surface area contributed by atoms with Gasteiger partial charge in [0.2, 0.25) is 0 Å². The molecule has 4 heterocycles. The van der Waals surface area contributed by atoms with E-state index < -0.39 is 0 Å². The van der Waals surface area contributed by atoms with E-state index in [0.29, 0.717) is 18.2 Å². The van der Waals surface area contributed by atoms with Crippen LogP contribution in [0, 0.1) is 0 Å². The van der Waals surface area contributed by atoms with Crippen LogP contribution in [-0.4, -0.2) is 26.7 Å². The number of nitrogens with zero attached hydrogens (tertiary/aromatic N) is 3. The van der Waals surface area contributed by atoms with Crippen molar-refractivity contribution >= 4 is 17.3 Å². The number of ether oxygens (including phenoxy) is 1. The highest BCUT2D eigenvalue weighted by molar-refractivity contribution is 7.80. The van der Waals surface area contributed by atoms with Crippen molar-refractivity contribution in [3.63, 3.8) is 0 Å². The Bertz CT molecular complexity index is 1170. The molecular weight excluding hydrogens is 420 g/mol. The van der Waals surface area contributed by atoms with E-state index in [4.69, 9.17) is 21.4 Å². The quantitative estimate of drug-likeness (QED) is 0.417. The summed E-state index contributed by atoms with van der Waals surface area (Å²) < 4.78 is 13.1. The molecule has 2 atom stereocenters. The maximum Gasteiger partial charge on any atom is 0.170 e. The van der Waals surface area contributed by atoms with E-state index >= 15 is 0 Å². The van der Waals surface area contributed by atoms with Crippen LogP contribution in [0.25, 0.3) is 0 Å². The normalized spacial score (nSPS) is 18.0. The van der Waals surface area contributed by atoms with Gasteiger partial charge in [0, 0.05) is 24.6 Å². The van der Waals surface area contributed by atoms with Crippen molar-refractivity contribution in [2.45, 2.75) is 25.2 Å². The van der Waals surface area contributed by atoms with Crippen LogP contribution in [0.2, 0.25) is 0 Å². The number of methoxy groups -OCH3 is 1. The summed E-state index contributed by atoms with van der Waals surface area (Å²) >= 11 is 5.81. The third kappa shape index (κ3) is 3.99. The largest absolute Gasteiger partial charge is 0.497 e. The molecule has 1 aliphatic heterocycles.